The van der Waals surface area contributed by atoms with Crippen LogP contribution in [0.1, 0.15) is 26.3 Å². The molecule has 4 heteroatoms. The molecule has 4 nitrogen and oxygen atoms in total. The van der Waals surface area contributed by atoms with Crippen LogP contribution < -0.4 is 4.90 Å². The summed E-state index contributed by atoms with van der Waals surface area (Å²) in [6.45, 7) is 7.00. The first-order chi connectivity index (χ1) is 8.91. The van der Waals surface area contributed by atoms with Crippen molar-refractivity contribution in [1.29, 1.82) is 5.26 Å². The van der Waals surface area contributed by atoms with E-state index in [1.165, 1.54) is 10.5 Å². The van der Waals surface area contributed by atoms with Gasteiger partial charge in [-0.05, 0) is 23.1 Å². The molecule has 19 heavy (non-hydrogen) atoms. The van der Waals surface area contributed by atoms with Crippen LogP contribution in [-0.2, 0) is 10.2 Å². The lowest BCUT2D eigenvalue weighted by Crippen LogP contribution is -2.42. The molecule has 1 aromatic carbocycles. The Morgan fingerprint density at radius 2 is 1.95 bits per heavy atom. The fraction of sp³-hybridized carbons (Fsp3) is 0.467. The molecule has 1 saturated heterocycles. The van der Waals surface area contributed by atoms with Gasteiger partial charge in [0.05, 0.1) is 12.0 Å². The largest absolute Gasteiger partial charge is 0.448 e. The van der Waals surface area contributed by atoms with Gasteiger partial charge in [-0.15, -0.1) is 0 Å². The molecule has 0 N–H and O–H groups in total. The van der Waals surface area contributed by atoms with Crippen LogP contribution in [0.25, 0.3) is 0 Å². The Balaban J connectivity index is 2.22. The summed E-state index contributed by atoms with van der Waals surface area (Å²) < 4.78 is 5.01. The molecule has 1 amide bonds. The van der Waals surface area contributed by atoms with Crippen molar-refractivity contribution in [3.8, 4) is 6.07 Å². The second kappa shape index (κ2) is 4.93. The predicted molar refractivity (Wildman–Crippen MR) is 72.9 cm³/mol. The van der Waals surface area contributed by atoms with Gasteiger partial charge in [0.2, 0.25) is 0 Å². The van der Waals surface area contributed by atoms with E-state index in [4.69, 9.17) is 10.00 Å². The minimum Gasteiger partial charge on any atom is -0.448 e. The van der Waals surface area contributed by atoms with Crippen molar-refractivity contribution < 1.29 is 9.53 Å². The minimum atomic E-state index is -0.380. The van der Waals surface area contributed by atoms with Gasteiger partial charge in [-0.25, -0.2) is 4.79 Å². The van der Waals surface area contributed by atoms with Crippen LogP contribution in [0, 0.1) is 17.2 Å². The van der Waals surface area contributed by atoms with Crippen LogP contribution >= 0.6 is 0 Å². The number of anilines is 1. The van der Waals surface area contributed by atoms with E-state index in [-0.39, 0.29) is 24.0 Å². The number of amides is 1. The monoisotopic (exact) mass is 258 g/mol. The van der Waals surface area contributed by atoms with E-state index >= 15 is 0 Å². The summed E-state index contributed by atoms with van der Waals surface area (Å²) in [5.41, 5.74) is 2.06. The average Bonchev–Trinajstić information content (AvgIpc) is 2.38. The third kappa shape index (κ3) is 2.87. The third-order valence-corrected chi connectivity index (χ3v) is 3.26. The molecule has 2 rings (SSSR count). The summed E-state index contributed by atoms with van der Waals surface area (Å²) >= 11 is 0. The van der Waals surface area contributed by atoms with E-state index in [9.17, 15) is 4.79 Å². The van der Waals surface area contributed by atoms with Gasteiger partial charge < -0.3 is 4.74 Å². The van der Waals surface area contributed by atoms with Crippen LogP contribution in [0.15, 0.2) is 24.3 Å². The number of carbonyl (C=O) groups is 1. The van der Waals surface area contributed by atoms with Gasteiger partial charge >= 0.3 is 6.09 Å². The highest BCUT2D eigenvalue weighted by molar-refractivity contribution is 5.88. The molecule has 1 aromatic rings. The van der Waals surface area contributed by atoms with Crippen molar-refractivity contribution in [1.82, 2.24) is 0 Å². The molecule has 0 bridgehead atoms. The number of hydrogen-bond donors (Lipinski definition) is 0. The molecule has 0 saturated carbocycles. The quantitative estimate of drug-likeness (QED) is 0.777. The van der Waals surface area contributed by atoms with Crippen LogP contribution in [0.5, 0.6) is 0 Å². The van der Waals surface area contributed by atoms with Crippen molar-refractivity contribution in [2.24, 2.45) is 5.92 Å². The topological polar surface area (TPSA) is 53.3 Å². The molecule has 100 valence electrons. The molecule has 0 aromatic heterocycles. The number of carbonyl (C=O) groups excluding carboxylic acids is 1. The zero-order chi connectivity index (χ0) is 14.0. The van der Waals surface area contributed by atoms with Gasteiger partial charge in [-0.1, -0.05) is 32.9 Å². The molecule has 1 atom stereocenters. The number of nitriles is 1. The van der Waals surface area contributed by atoms with E-state index in [2.05, 4.69) is 26.8 Å². The SMILES string of the molecule is CC(C)(C)c1ccc(N2CC(C#N)COC2=O)cc1. The molecule has 1 aliphatic heterocycles. The number of cyclic esters (lactones) is 1. The van der Waals surface area contributed by atoms with Gasteiger partial charge in [-0.3, -0.25) is 4.90 Å². The number of hydrogen-bond acceptors (Lipinski definition) is 3. The fourth-order valence-electron chi connectivity index (χ4n) is 2.03. The molecule has 1 fully saturated rings. The van der Waals surface area contributed by atoms with Crippen LogP contribution in [0.2, 0.25) is 0 Å². The number of rotatable bonds is 1. The van der Waals surface area contributed by atoms with Crippen molar-refractivity contribution in [3.63, 3.8) is 0 Å². The van der Waals surface area contributed by atoms with E-state index in [1.54, 1.807) is 0 Å². The van der Waals surface area contributed by atoms with Gasteiger partial charge in [0.15, 0.2) is 0 Å². The first kappa shape index (κ1) is 13.4. The summed E-state index contributed by atoms with van der Waals surface area (Å²) in [4.78, 5) is 13.3. The molecule has 1 unspecified atom stereocenters. The Morgan fingerprint density at radius 3 is 2.47 bits per heavy atom. The highest BCUT2D eigenvalue weighted by atomic mass is 16.6. The maximum atomic E-state index is 11.7. The second-order valence-corrected chi connectivity index (χ2v) is 5.81. The Morgan fingerprint density at radius 1 is 1.32 bits per heavy atom. The maximum Gasteiger partial charge on any atom is 0.414 e. The van der Waals surface area contributed by atoms with E-state index < -0.39 is 0 Å². The van der Waals surface area contributed by atoms with Crippen molar-refractivity contribution in [2.75, 3.05) is 18.1 Å². The lowest BCUT2D eigenvalue weighted by Gasteiger charge is -2.29. The first-order valence-electron chi connectivity index (χ1n) is 6.36. The fourth-order valence-corrected chi connectivity index (χ4v) is 2.03. The summed E-state index contributed by atoms with van der Waals surface area (Å²) in [6, 6.07) is 9.97. The highest BCUT2D eigenvalue weighted by Gasteiger charge is 2.28. The highest BCUT2D eigenvalue weighted by Crippen LogP contribution is 2.26. The molecular formula is C15H18N2O2. The normalized spacial score (nSPS) is 19.8. The van der Waals surface area contributed by atoms with Crippen LogP contribution in [-0.4, -0.2) is 19.2 Å². The Hall–Kier alpha value is -2.02. The maximum absolute atomic E-state index is 11.7. The molecule has 0 aliphatic carbocycles. The zero-order valence-corrected chi connectivity index (χ0v) is 11.5. The van der Waals surface area contributed by atoms with E-state index in [0.717, 1.165) is 5.69 Å². The second-order valence-electron chi connectivity index (χ2n) is 5.81. The lowest BCUT2D eigenvalue weighted by atomic mass is 9.87. The summed E-state index contributed by atoms with van der Waals surface area (Å²) in [6.07, 6.45) is -0.380. The molecular weight excluding hydrogens is 240 g/mol. The van der Waals surface area contributed by atoms with E-state index in [1.807, 2.05) is 24.3 Å². The first-order valence-corrected chi connectivity index (χ1v) is 6.36. The summed E-state index contributed by atoms with van der Waals surface area (Å²) in [7, 11) is 0. The predicted octanol–water partition coefficient (Wildman–Crippen LogP) is 3.08. The molecule has 1 heterocycles. The van der Waals surface area contributed by atoms with Crippen molar-refractivity contribution >= 4 is 11.8 Å². The van der Waals surface area contributed by atoms with Crippen molar-refractivity contribution in [2.45, 2.75) is 26.2 Å². The van der Waals surface area contributed by atoms with Gasteiger partial charge in [0, 0.05) is 12.2 Å². The van der Waals surface area contributed by atoms with Gasteiger partial charge in [0.25, 0.3) is 0 Å². The summed E-state index contributed by atoms with van der Waals surface area (Å²) in [5, 5.41) is 8.92. The minimum absolute atomic E-state index is 0.0795. The zero-order valence-electron chi connectivity index (χ0n) is 11.5. The smallest absolute Gasteiger partial charge is 0.414 e. The van der Waals surface area contributed by atoms with Crippen LogP contribution in [0.4, 0.5) is 10.5 Å². The summed E-state index contributed by atoms with van der Waals surface area (Å²) in [5.74, 6) is -0.264. The van der Waals surface area contributed by atoms with Gasteiger partial charge in [0.1, 0.15) is 6.61 Å². The van der Waals surface area contributed by atoms with Crippen molar-refractivity contribution in [3.05, 3.63) is 29.8 Å². The standard InChI is InChI=1S/C15H18N2O2/c1-15(2,3)12-4-6-13(7-5-12)17-9-11(8-16)10-19-14(17)18/h4-7,11H,9-10H2,1-3H3. The Bertz CT molecular complexity index is 508. The Kier molecular flexibility index (Phi) is 3.48. The number of nitrogens with zero attached hydrogens (tertiary/aromatic N) is 2. The number of ether oxygens (including phenoxy) is 1. The van der Waals surface area contributed by atoms with Gasteiger partial charge in [-0.2, -0.15) is 5.26 Å². The van der Waals surface area contributed by atoms with Crippen LogP contribution in [0.3, 0.4) is 0 Å². The molecule has 1 aliphatic rings. The number of benzene rings is 1. The average molecular weight is 258 g/mol. The third-order valence-electron chi connectivity index (χ3n) is 3.26. The Labute approximate surface area is 113 Å². The van der Waals surface area contributed by atoms with E-state index in [0.29, 0.717) is 6.54 Å². The lowest BCUT2D eigenvalue weighted by molar-refractivity contribution is 0.127. The molecule has 0 spiro atoms. The molecule has 0 radical (unpaired) electrons.